The molecule has 0 saturated carbocycles. The zero-order chi connectivity index (χ0) is 15.6. The summed E-state index contributed by atoms with van der Waals surface area (Å²) in [5, 5.41) is 0.431. The van der Waals surface area contributed by atoms with Crippen molar-refractivity contribution in [2.24, 2.45) is 0 Å². The fourth-order valence-corrected chi connectivity index (χ4v) is 2.18. The van der Waals surface area contributed by atoms with Gasteiger partial charge in [0.1, 0.15) is 0 Å². The summed E-state index contributed by atoms with van der Waals surface area (Å²) < 4.78 is 48.0. The molecule has 0 bridgehead atoms. The van der Waals surface area contributed by atoms with E-state index in [0.29, 0.717) is 24.1 Å². The van der Waals surface area contributed by atoms with E-state index in [1.54, 1.807) is 6.07 Å². The second-order valence-electron chi connectivity index (χ2n) is 4.49. The van der Waals surface area contributed by atoms with Gasteiger partial charge in [0.2, 0.25) is 0 Å². The van der Waals surface area contributed by atoms with Crippen molar-refractivity contribution in [3.63, 3.8) is 0 Å². The molecule has 2 aromatic rings. The molecule has 0 fully saturated rings. The standard InChI is InChI=1S/C14H14F3NO3/c1-9(19)11-8-18(6-7-20-2)13-10(11)4-3-5-12(13)21-14(15,16)17/h3-5,8H,6-7H2,1-2H3. The smallest absolute Gasteiger partial charge is 0.404 e. The van der Waals surface area contributed by atoms with Crippen molar-refractivity contribution in [3.05, 3.63) is 30.0 Å². The zero-order valence-electron chi connectivity index (χ0n) is 11.5. The lowest BCUT2D eigenvalue weighted by Crippen LogP contribution is -2.18. The Morgan fingerprint density at radius 1 is 1.33 bits per heavy atom. The highest BCUT2D eigenvalue weighted by molar-refractivity contribution is 6.08. The van der Waals surface area contributed by atoms with E-state index in [1.807, 2.05) is 0 Å². The molecule has 114 valence electrons. The van der Waals surface area contributed by atoms with E-state index in [2.05, 4.69) is 4.74 Å². The molecule has 0 N–H and O–H groups in total. The molecule has 1 heterocycles. The second kappa shape index (κ2) is 5.77. The molecule has 2 rings (SSSR count). The number of hydrogen-bond donors (Lipinski definition) is 0. The van der Waals surface area contributed by atoms with E-state index in [-0.39, 0.29) is 17.0 Å². The highest BCUT2D eigenvalue weighted by atomic mass is 19.4. The van der Waals surface area contributed by atoms with Crippen LogP contribution in [0, 0.1) is 0 Å². The zero-order valence-corrected chi connectivity index (χ0v) is 11.5. The number of para-hydroxylation sites is 1. The minimum absolute atomic E-state index is 0.222. The average Bonchev–Trinajstić information content (AvgIpc) is 2.74. The van der Waals surface area contributed by atoms with E-state index in [9.17, 15) is 18.0 Å². The van der Waals surface area contributed by atoms with Crippen LogP contribution in [0.5, 0.6) is 5.75 Å². The minimum Gasteiger partial charge on any atom is -0.404 e. The summed E-state index contributed by atoms with van der Waals surface area (Å²) in [7, 11) is 1.49. The number of aromatic nitrogens is 1. The lowest BCUT2D eigenvalue weighted by atomic mass is 10.1. The largest absolute Gasteiger partial charge is 0.573 e. The maximum absolute atomic E-state index is 12.5. The lowest BCUT2D eigenvalue weighted by Gasteiger charge is -2.12. The third-order valence-electron chi connectivity index (χ3n) is 3.00. The van der Waals surface area contributed by atoms with Crippen LogP contribution in [0.1, 0.15) is 17.3 Å². The molecule has 21 heavy (non-hydrogen) atoms. The van der Waals surface area contributed by atoms with Gasteiger partial charge in [-0.2, -0.15) is 0 Å². The molecule has 0 aliphatic heterocycles. The van der Waals surface area contributed by atoms with Crippen LogP contribution in [0.2, 0.25) is 0 Å². The number of carbonyl (C=O) groups excluding carboxylic acids is 1. The Kier molecular flexibility index (Phi) is 4.22. The van der Waals surface area contributed by atoms with Crippen LogP contribution < -0.4 is 4.74 Å². The average molecular weight is 301 g/mol. The maximum atomic E-state index is 12.5. The van der Waals surface area contributed by atoms with Crippen molar-refractivity contribution in [2.75, 3.05) is 13.7 Å². The number of hydrogen-bond acceptors (Lipinski definition) is 3. The Hall–Kier alpha value is -2.02. The summed E-state index contributed by atoms with van der Waals surface area (Å²) in [6.45, 7) is 1.99. The Balaban J connectivity index is 2.61. The van der Waals surface area contributed by atoms with Crippen LogP contribution in [0.15, 0.2) is 24.4 Å². The molecule has 0 radical (unpaired) electrons. The summed E-state index contributed by atoms with van der Waals surface area (Å²) >= 11 is 0. The second-order valence-corrected chi connectivity index (χ2v) is 4.49. The Morgan fingerprint density at radius 2 is 2.05 bits per heavy atom. The number of fused-ring (bicyclic) bond motifs is 1. The van der Waals surface area contributed by atoms with Crippen LogP contribution in [0.3, 0.4) is 0 Å². The first kappa shape index (κ1) is 15.4. The fraction of sp³-hybridized carbons (Fsp3) is 0.357. The molecule has 0 aliphatic rings. The molecular formula is C14H14F3NO3. The third-order valence-corrected chi connectivity index (χ3v) is 3.00. The van der Waals surface area contributed by atoms with E-state index in [1.165, 1.54) is 36.9 Å². The van der Waals surface area contributed by atoms with Gasteiger partial charge in [-0.05, 0) is 13.0 Å². The van der Waals surface area contributed by atoms with Gasteiger partial charge in [0.05, 0.1) is 12.1 Å². The highest BCUT2D eigenvalue weighted by Gasteiger charge is 2.32. The van der Waals surface area contributed by atoms with Crippen molar-refractivity contribution in [1.29, 1.82) is 0 Å². The van der Waals surface area contributed by atoms with Gasteiger partial charge in [0.15, 0.2) is 11.5 Å². The molecule has 4 nitrogen and oxygen atoms in total. The number of alkyl halides is 3. The minimum atomic E-state index is -4.79. The van der Waals surface area contributed by atoms with E-state index < -0.39 is 6.36 Å². The number of ether oxygens (including phenoxy) is 2. The van der Waals surface area contributed by atoms with Gasteiger partial charge in [0.25, 0.3) is 0 Å². The summed E-state index contributed by atoms with van der Waals surface area (Å²) in [5.74, 6) is -0.552. The van der Waals surface area contributed by atoms with Gasteiger partial charge >= 0.3 is 6.36 Å². The van der Waals surface area contributed by atoms with E-state index in [4.69, 9.17) is 4.74 Å². The number of Topliss-reactive ketones (excluding diaryl/α,β-unsaturated/α-hetero) is 1. The molecule has 0 atom stereocenters. The topological polar surface area (TPSA) is 40.5 Å². The van der Waals surface area contributed by atoms with E-state index >= 15 is 0 Å². The first-order valence-electron chi connectivity index (χ1n) is 6.21. The first-order chi connectivity index (χ1) is 9.83. The Bertz CT molecular complexity index is 661. The van der Waals surface area contributed by atoms with Crippen molar-refractivity contribution in [2.45, 2.75) is 19.8 Å². The summed E-state index contributed by atoms with van der Waals surface area (Å²) in [4.78, 5) is 11.6. The summed E-state index contributed by atoms with van der Waals surface area (Å²) in [5.41, 5.74) is 0.589. The van der Waals surface area contributed by atoms with Gasteiger partial charge in [-0.3, -0.25) is 4.79 Å². The molecule has 0 spiro atoms. The normalized spacial score (nSPS) is 11.9. The number of rotatable bonds is 5. The number of carbonyl (C=O) groups is 1. The predicted molar refractivity (Wildman–Crippen MR) is 70.5 cm³/mol. The van der Waals surface area contributed by atoms with Gasteiger partial charge < -0.3 is 14.0 Å². The summed E-state index contributed by atoms with van der Waals surface area (Å²) in [6.07, 6.45) is -3.27. The molecule has 0 amide bonds. The molecule has 1 aromatic carbocycles. The quantitative estimate of drug-likeness (QED) is 0.795. The molecule has 7 heteroatoms. The lowest BCUT2D eigenvalue weighted by molar-refractivity contribution is -0.274. The van der Waals surface area contributed by atoms with Crippen molar-refractivity contribution < 1.29 is 27.4 Å². The molecule has 0 aliphatic carbocycles. The molecule has 0 saturated heterocycles. The number of methoxy groups -OCH3 is 1. The van der Waals surface area contributed by atoms with Crippen molar-refractivity contribution in [3.8, 4) is 5.75 Å². The van der Waals surface area contributed by atoms with Crippen LogP contribution in [-0.2, 0) is 11.3 Å². The predicted octanol–water partition coefficient (Wildman–Crippen LogP) is 3.39. The van der Waals surface area contributed by atoms with Crippen molar-refractivity contribution in [1.82, 2.24) is 4.57 Å². The van der Waals surface area contributed by atoms with Gasteiger partial charge in [-0.1, -0.05) is 12.1 Å². The first-order valence-corrected chi connectivity index (χ1v) is 6.21. The highest BCUT2D eigenvalue weighted by Crippen LogP contribution is 2.33. The van der Waals surface area contributed by atoms with Crippen molar-refractivity contribution >= 4 is 16.7 Å². The number of halogens is 3. The van der Waals surface area contributed by atoms with Gasteiger partial charge in [-0.15, -0.1) is 13.2 Å². The maximum Gasteiger partial charge on any atom is 0.573 e. The number of nitrogens with zero attached hydrogens (tertiary/aromatic N) is 1. The van der Waals surface area contributed by atoms with Crippen LogP contribution in [-0.4, -0.2) is 30.4 Å². The molecule has 0 unspecified atom stereocenters. The SMILES string of the molecule is COCCn1cc(C(C)=O)c2cccc(OC(F)(F)F)c21. The Morgan fingerprint density at radius 3 is 2.62 bits per heavy atom. The number of benzene rings is 1. The number of ketones is 1. The Labute approximate surface area is 119 Å². The van der Waals surface area contributed by atoms with Gasteiger partial charge in [-0.25, -0.2) is 0 Å². The van der Waals surface area contributed by atoms with Crippen LogP contribution in [0.25, 0.3) is 10.9 Å². The fourth-order valence-electron chi connectivity index (χ4n) is 2.18. The van der Waals surface area contributed by atoms with Crippen LogP contribution >= 0.6 is 0 Å². The molecule has 1 aromatic heterocycles. The monoisotopic (exact) mass is 301 g/mol. The van der Waals surface area contributed by atoms with Gasteiger partial charge in [0, 0.05) is 30.8 Å². The third kappa shape index (κ3) is 3.36. The molecular weight excluding hydrogens is 287 g/mol. The van der Waals surface area contributed by atoms with E-state index in [0.717, 1.165) is 0 Å². The summed E-state index contributed by atoms with van der Waals surface area (Å²) in [6, 6.07) is 4.25. The van der Waals surface area contributed by atoms with Crippen LogP contribution in [0.4, 0.5) is 13.2 Å².